The van der Waals surface area contributed by atoms with E-state index in [1.807, 2.05) is 24.3 Å². The molecule has 7 nitrogen and oxygen atoms in total. The highest BCUT2D eigenvalue weighted by Gasteiger charge is 2.20. The number of para-hydroxylation sites is 1. The van der Waals surface area contributed by atoms with Crippen molar-refractivity contribution in [2.24, 2.45) is 0 Å². The van der Waals surface area contributed by atoms with Gasteiger partial charge in [0.2, 0.25) is 10.0 Å². The summed E-state index contributed by atoms with van der Waals surface area (Å²) >= 11 is 0. The molecule has 0 radical (unpaired) electrons. The summed E-state index contributed by atoms with van der Waals surface area (Å²) in [5, 5.41) is 8.99. The molecule has 2 rings (SSSR count). The number of ether oxygens (including phenoxy) is 3. The van der Waals surface area contributed by atoms with E-state index in [-0.39, 0.29) is 29.5 Å². The Morgan fingerprint density at radius 1 is 1.12 bits per heavy atom. The lowest BCUT2D eigenvalue weighted by atomic mass is 10.1. The Kier molecular flexibility index (Phi) is 6.97. The minimum atomic E-state index is -3.83. The van der Waals surface area contributed by atoms with Crippen molar-refractivity contribution in [2.45, 2.75) is 11.3 Å². The molecule has 138 valence electrons. The average Bonchev–Trinajstić information content (AvgIpc) is 2.66. The van der Waals surface area contributed by atoms with Gasteiger partial charge in [-0.15, -0.1) is 0 Å². The Morgan fingerprint density at radius 3 is 2.58 bits per heavy atom. The second-order valence-corrected chi connectivity index (χ2v) is 7.02. The number of nitriles is 1. The van der Waals surface area contributed by atoms with E-state index in [2.05, 4.69) is 4.72 Å². The van der Waals surface area contributed by atoms with Gasteiger partial charge in [-0.1, -0.05) is 18.2 Å². The predicted molar refractivity (Wildman–Crippen MR) is 95.5 cm³/mol. The van der Waals surface area contributed by atoms with Crippen LogP contribution in [0.1, 0.15) is 11.1 Å². The van der Waals surface area contributed by atoms with Crippen molar-refractivity contribution in [3.05, 3.63) is 53.6 Å². The van der Waals surface area contributed by atoms with Crippen LogP contribution in [0.15, 0.2) is 47.4 Å². The summed E-state index contributed by atoms with van der Waals surface area (Å²) < 4.78 is 43.1. The van der Waals surface area contributed by atoms with Gasteiger partial charge in [-0.05, 0) is 36.2 Å². The van der Waals surface area contributed by atoms with Crippen LogP contribution in [0.4, 0.5) is 0 Å². The van der Waals surface area contributed by atoms with Crippen molar-refractivity contribution >= 4 is 10.0 Å². The third-order valence-electron chi connectivity index (χ3n) is 3.57. The summed E-state index contributed by atoms with van der Waals surface area (Å²) in [5.74, 6) is 0.818. The lowest BCUT2D eigenvalue weighted by molar-refractivity contribution is 0.0504. The SMILES string of the molecule is COCOc1ccccc1CCNS(=O)(=O)c1cc(C#N)ccc1OC. The van der Waals surface area contributed by atoms with E-state index in [1.54, 1.807) is 6.07 Å². The van der Waals surface area contributed by atoms with Crippen molar-refractivity contribution in [2.75, 3.05) is 27.6 Å². The predicted octanol–water partition coefficient (Wildman–Crippen LogP) is 2.07. The number of rotatable bonds is 9. The molecule has 0 saturated carbocycles. The number of methoxy groups -OCH3 is 2. The van der Waals surface area contributed by atoms with Gasteiger partial charge in [0, 0.05) is 13.7 Å². The highest BCUT2D eigenvalue weighted by molar-refractivity contribution is 7.89. The zero-order valence-electron chi connectivity index (χ0n) is 14.6. The van der Waals surface area contributed by atoms with E-state index < -0.39 is 10.0 Å². The highest BCUT2D eigenvalue weighted by Crippen LogP contribution is 2.25. The zero-order chi connectivity index (χ0) is 19.0. The summed E-state index contributed by atoms with van der Waals surface area (Å²) in [6.07, 6.45) is 0.430. The Balaban J connectivity index is 2.11. The molecule has 8 heteroatoms. The summed E-state index contributed by atoms with van der Waals surface area (Å²) in [6.45, 7) is 0.274. The van der Waals surface area contributed by atoms with Crippen LogP contribution >= 0.6 is 0 Å². The zero-order valence-corrected chi connectivity index (χ0v) is 15.4. The molecule has 1 N–H and O–H groups in total. The van der Waals surface area contributed by atoms with Gasteiger partial charge in [0.05, 0.1) is 18.7 Å². The lowest BCUT2D eigenvalue weighted by Gasteiger charge is -2.13. The molecule has 0 spiro atoms. The maximum absolute atomic E-state index is 12.6. The van der Waals surface area contributed by atoms with Crippen molar-refractivity contribution in [3.8, 4) is 17.6 Å². The maximum Gasteiger partial charge on any atom is 0.244 e. The summed E-state index contributed by atoms with van der Waals surface area (Å²) in [5.41, 5.74) is 1.09. The third-order valence-corrected chi connectivity index (χ3v) is 5.06. The van der Waals surface area contributed by atoms with Crippen LogP contribution in [0, 0.1) is 11.3 Å². The fraction of sp³-hybridized carbons (Fsp3) is 0.278. The second-order valence-electron chi connectivity index (χ2n) is 5.28. The first-order valence-corrected chi connectivity index (χ1v) is 9.27. The van der Waals surface area contributed by atoms with Gasteiger partial charge < -0.3 is 14.2 Å². The Labute approximate surface area is 153 Å². The maximum atomic E-state index is 12.6. The van der Waals surface area contributed by atoms with Gasteiger partial charge in [0.1, 0.15) is 16.4 Å². The first-order valence-electron chi connectivity index (χ1n) is 7.79. The van der Waals surface area contributed by atoms with Crippen LogP contribution in [0.5, 0.6) is 11.5 Å². The summed E-state index contributed by atoms with van der Waals surface area (Å²) in [7, 11) is -0.921. The molecule has 0 bridgehead atoms. The fourth-order valence-electron chi connectivity index (χ4n) is 2.33. The van der Waals surface area contributed by atoms with Crippen molar-refractivity contribution < 1.29 is 22.6 Å². The number of sulfonamides is 1. The van der Waals surface area contributed by atoms with Crippen molar-refractivity contribution in [1.29, 1.82) is 5.26 Å². The summed E-state index contributed by atoms with van der Waals surface area (Å²) in [6, 6.07) is 13.5. The molecular formula is C18H20N2O5S. The van der Waals surface area contributed by atoms with Crippen LogP contribution in [-0.2, 0) is 21.2 Å². The van der Waals surface area contributed by atoms with E-state index in [1.165, 1.54) is 32.4 Å². The van der Waals surface area contributed by atoms with E-state index in [0.717, 1.165) is 5.56 Å². The minimum Gasteiger partial charge on any atom is -0.495 e. The molecule has 0 fully saturated rings. The van der Waals surface area contributed by atoms with Crippen LogP contribution in [-0.4, -0.2) is 36.0 Å². The number of benzene rings is 2. The van der Waals surface area contributed by atoms with Crippen LogP contribution < -0.4 is 14.2 Å². The molecule has 0 heterocycles. The average molecular weight is 376 g/mol. The quantitative estimate of drug-likeness (QED) is 0.673. The fourth-order valence-corrected chi connectivity index (χ4v) is 3.55. The van der Waals surface area contributed by atoms with E-state index in [4.69, 9.17) is 19.5 Å². The van der Waals surface area contributed by atoms with Crippen LogP contribution in [0.2, 0.25) is 0 Å². The van der Waals surface area contributed by atoms with Gasteiger partial charge in [0.15, 0.2) is 6.79 Å². The topological polar surface area (TPSA) is 97.6 Å². The third kappa shape index (κ3) is 4.95. The van der Waals surface area contributed by atoms with Crippen molar-refractivity contribution in [1.82, 2.24) is 4.72 Å². The first kappa shape index (κ1) is 19.7. The largest absolute Gasteiger partial charge is 0.495 e. The summed E-state index contributed by atoms with van der Waals surface area (Å²) in [4.78, 5) is -0.0667. The molecule has 0 aliphatic rings. The monoisotopic (exact) mass is 376 g/mol. The Hall–Kier alpha value is -2.60. The van der Waals surface area contributed by atoms with E-state index in [0.29, 0.717) is 12.2 Å². The molecule has 0 unspecified atom stereocenters. The van der Waals surface area contributed by atoms with Crippen LogP contribution in [0.25, 0.3) is 0 Å². The standard InChI is InChI=1S/C18H20N2O5S/c1-23-13-25-16-6-4-3-5-15(16)9-10-20-26(21,22)18-11-14(12-19)7-8-17(18)24-2/h3-8,11,20H,9-10,13H2,1-2H3. The number of nitrogens with one attached hydrogen (secondary N) is 1. The number of hydrogen-bond donors (Lipinski definition) is 1. The number of hydrogen-bond acceptors (Lipinski definition) is 6. The van der Waals surface area contributed by atoms with Crippen molar-refractivity contribution in [3.63, 3.8) is 0 Å². The molecule has 0 aliphatic carbocycles. The smallest absolute Gasteiger partial charge is 0.244 e. The molecule has 0 amide bonds. The molecule has 0 aliphatic heterocycles. The Bertz CT molecular complexity index is 891. The second kappa shape index (κ2) is 9.20. The van der Waals surface area contributed by atoms with Gasteiger partial charge in [-0.2, -0.15) is 5.26 Å². The molecule has 0 saturated heterocycles. The lowest BCUT2D eigenvalue weighted by Crippen LogP contribution is -2.26. The first-order chi connectivity index (χ1) is 12.5. The molecule has 0 atom stereocenters. The number of nitrogens with zero attached hydrogens (tertiary/aromatic N) is 1. The molecule has 2 aromatic carbocycles. The van der Waals surface area contributed by atoms with Gasteiger partial charge in [-0.3, -0.25) is 0 Å². The van der Waals surface area contributed by atoms with Gasteiger partial charge in [-0.25, -0.2) is 13.1 Å². The molecule has 2 aromatic rings. The highest BCUT2D eigenvalue weighted by atomic mass is 32.2. The van der Waals surface area contributed by atoms with Gasteiger partial charge in [0.25, 0.3) is 0 Å². The molecule has 26 heavy (non-hydrogen) atoms. The van der Waals surface area contributed by atoms with Crippen LogP contribution in [0.3, 0.4) is 0 Å². The molecule has 0 aromatic heterocycles. The van der Waals surface area contributed by atoms with Gasteiger partial charge >= 0.3 is 0 Å². The molecular weight excluding hydrogens is 356 g/mol. The van der Waals surface area contributed by atoms with E-state index >= 15 is 0 Å². The Morgan fingerprint density at radius 2 is 1.88 bits per heavy atom. The van der Waals surface area contributed by atoms with E-state index in [9.17, 15) is 8.42 Å². The minimum absolute atomic E-state index is 0.0667. The normalized spacial score (nSPS) is 11.0.